The molecule has 0 amide bonds. The molecule has 0 saturated carbocycles. The predicted molar refractivity (Wildman–Crippen MR) is 107 cm³/mol. The Morgan fingerprint density at radius 2 is 1.79 bits per heavy atom. The molecule has 2 aromatic rings. The van der Waals surface area contributed by atoms with E-state index in [2.05, 4.69) is 36.2 Å². The van der Waals surface area contributed by atoms with Crippen molar-refractivity contribution in [2.75, 3.05) is 20.7 Å². The van der Waals surface area contributed by atoms with Crippen molar-refractivity contribution in [2.45, 2.75) is 18.9 Å². The van der Waals surface area contributed by atoms with Gasteiger partial charge in [-0.25, -0.2) is 9.59 Å². The molecule has 2 aliphatic rings. The molecule has 29 heavy (non-hydrogen) atoms. The lowest BCUT2D eigenvalue weighted by Crippen LogP contribution is -2.35. The molecule has 7 heteroatoms. The van der Waals surface area contributed by atoms with Crippen LogP contribution in [0.15, 0.2) is 42.5 Å². The molecule has 1 atom stereocenters. The molecule has 1 aliphatic carbocycles. The van der Waals surface area contributed by atoms with Gasteiger partial charge in [-0.15, -0.1) is 0 Å². The zero-order chi connectivity index (χ0) is 21.1. The minimum Gasteiger partial charge on any atom is -0.504 e. The molecule has 0 bridgehead atoms. The Morgan fingerprint density at radius 3 is 2.41 bits per heavy atom. The summed E-state index contributed by atoms with van der Waals surface area (Å²) in [6, 6.07) is 10.7. The number of aliphatic carboxylic acids is 2. The van der Waals surface area contributed by atoms with Crippen LogP contribution in [-0.2, 0) is 22.4 Å². The fourth-order valence-electron chi connectivity index (χ4n) is 4.00. The van der Waals surface area contributed by atoms with Crippen molar-refractivity contribution in [3.63, 3.8) is 0 Å². The number of carboxylic acid groups (broad SMARTS) is 2. The Labute approximate surface area is 168 Å². The predicted octanol–water partition coefficient (Wildman–Crippen LogP) is 2.86. The maximum Gasteiger partial charge on any atom is 0.328 e. The normalized spacial score (nSPS) is 17.0. The Kier molecular flexibility index (Phi) is 5.89. The second-order valence-corrected chi connectivity index (χ2v) is 6.99. The van der Waals surface area contributed by atoms with E-state index >= 15 is 0 Å². The van der Waals surface area contributed by atoms with Crippen LogP contribution in [0, 0.1) is 0 Å². The average molecular weight is 397 g/mol. The molecular weight excluding hydrogens is 374 g/mol. The fourth-order valence-corrected chi connectivity index (χ4v) is 4.00. The first-order valence-corrected chi connectivity index (χ1v) is 9.18. The first kappa shape index (κ1) is 20.4. The number of phenolic OH excluding ortho intramolecular Hbond substituents is 1. The number of ether oxygens (including phenoxy) is 1. The molecule has 1 heterocycles. The third-order valence-corrected chi connectivity index (χ3v) is 5.26. The minimum atomic E-state index is -1.26. The maximum absolute atomic E-state index is 10.3. The van der Waals surface area contributed by atoms with Crippen LogP contribution in [0.1, 0.15) is 22.7 Å². The van der Waals surface area contributed by atoms with Crippen LogP contribution < -0.4 is 4.74 Å². The first-order chi connectivity index (χ1) is 13.8. The number of aromatic hydroxyl groups is 1. The van der Waals surface area contributed by atoms with Crippen molar-refractivity contribution in [1.29, 1.82) is 0 Å². The van der Waals surface area contributed by atoms with Gasteiger partial charge in [-0.3, -0.25) is 4.90 Å². The number of rotatable bonds is 3. The number of likely N-dealkylation sites (N-methyl/N-ethyl adjacent to an activating group) is 1. The lowest BCUT2D eigenvalue weighted by molar-refractivity contribution is -0.134. The third kappa shape index (κ3) is 4.09. The van der Waals surface area contributed by atoms with Gasteiger partial charge < -0.3 is 20.1 Å². The smallest absolute Gasteiger partial charge is 0.328 e. The molecule has 0 spiro atoms. The second kappa shape index (κ2) is 8.36. The van der Waals surface area contributed by atoms with Gasteiger partial charge in [0, 0.05) is 30.3 Å². The molecule has 1 unspecified atom stereocenters. The highest BCUT2D eigenvalue weighted by Gasteiger charge is 2.35. The van der Waals surface area contributed by atoms with Crippen LogP contribution in [0.2, 0.25) is 0 Å². The number of methoxy groups -OCH3 is 1. The van der Waals surface area contributed by atoms with Crippen LogP contribution in [-0.4, -0.2) is 52.9 Å². The Morgan fingerprint density at radius 1 is 1.14 bits per heavy atom. The standard InChI is InChI=1S/C18H19NO2.C4H4O4/c1-19-8-7-12-10-15(20)18(21-2)17-13-6-4-3-5-11(13)9-14(19)16(12)17;5-3(6)1-2-4(7)8/h3-6,10,14,20H,7-9H2,1-2H3;1-2H,(H,5,6)(H,7,8)/b;2-1+. The summed E-state index contributed by atoms with van der Waals surface area (Å²) in [6.45, 7) is 1.03. The monoisotopic (exact) mass is 397 g/mol. The molecule has 4 rings (SSSR count). The third-order valence-electron chi connectivity index (χ3n) is 5.26. The van der Waals surface area contributed by atoms with E-state index in [1.54, 1.807) is 7.11 Å². The Hall–Kier alpha value is -3.32. The van der Waals surface area contributed by atoms with E-state index in [-0.39, 0.29) is 5.75 Å². The number of phenols is 1. The van der Waals surface area contributed by atoms with Gasteiger partial charge in [0.05, 0.1) is 7.11 Å². The summed E-state index contributed by atoms with van der Waals surface area (Å²) in [5.74, 6) is -1.65. The number of hydrogen-bond donors (Lipinski definition) is 3. The molecule has 0 aromatic heterocycles. The summed E-state index contributed by atoms with van der Waals surface area (Å²) in [7, 11) is 3.82. The summed E-state index contributed by atoms with van der Waals surface area (Å²) < 4.78 is 5.54. The quantitative estimate of drug-likeness (QED) is 0.684. The number of fused-ring (bicyclic) bond motifs is 2. The van der Waals surface area contributed by atoms with Gasteiger partial charge in [0.1, 0.15) is 0 Å². The lowest BCUT2D eigenvalue weighted by atomic mass is 9.76. The highest BCUT2D eigenvalue weighted by Crippen LogP contribution is 2.51. The van der Waals surface area contributed by atoms with Crippen LogP contribution >= 0.6 is 0 Å². The fraction of sp³-hybridized carbons (Fsp3) is 0.273. The van der Waals surface area contributed by atoms with Crippen molar-refractivity contribution in [1.82, 2.24) is 4.90 Å². The van der Waals surface area contributed by atoms with E-state index in [9.17, 15) is 14.7 Å². The van der Waals surface area contributed by atoms with Gasteiger partial charge in [0.25, 0.3) is 0 Å². The van der Waals surface area contributed by atoms with Crippen LogP contribution in [0.25, 0.3) is 11.1 Å². The topological polar surface area (TPSA) is 107 Å². The summed E-state index contributed by atoms with van der Waals surface area (Å²) in [5.41, 5.74) is 6.23. The lowest BCUT2D eigenvalue weighted by Gasteiger charge is -2.40. The van der Waals surface area contributed by atoms with E-state index < -0.39 is 11.9 Å². The molecule has 7 nitrogen and oxygen atoms in total. The highest BCUT2D eigenvalue weighted by molar-refractivity contribution is 5.89. The second-order valence-electron chi connectivity index (χ2n) is 6.99. The van der Waals surface area contributed by atoms with E-state index in [1.165, 1.54) is 22.3 Å². The SMILES string of the molecule is COc1c(O)cc2c3c1-c1ccccc1CC3N(C)CC2.O=C(O)/C=C/C(=O)O. The van der Waals surface area contributed by atoms with Gasteiger partial charge in [-0.2, -0.15) is 0 Å². The average Bonchev–Trinajstić information content (AvgIpc) is 2.69. The van der Waals surface area contributed by atoms with E-state index in [0.717, 1.165) is 24.9 Å². The summed E-state index contributed by atoms with van der Waals surface area (Å²) >= 11 is 0. The number of nitrogens with zero attached hydrogens (tertiary/aromatic N) is 1. The highest BCUT2D eigenvalue weighted by atomic mass is 16.5. The molecule has 1 aliphatic heterocycles. The van der Waals surface area contributed by atoms with Crippen molar-refractivity contribution in [3.05, 3.63) is 59.2 Å². The van der Waals surface area contributed by atoms with Gasteiger partial charge in [-0.1, -0.05) is 24.3 Å². The molecule has 3 N–H and O–H groups in total. The Balaban J connectivity index is 0.000000258. The van der Waals surface area contributed by atoms with Crippen LogP contribution in [0.3, 0.4) is 0 Å². The van der Waals surface area contributed by atoms with Crippen molar-refractivity contribution in [3.8, 4) is 22.6 Å². The van der Waals surface area contributed by atoms with Crippen molar-refractivity contribution >= 4 is 11.9 Å². The number of benzene rings is 2. The molecule has 2 aromatic carbocycles. The number of carboxylic acids is 2. The molecule has 0 saturated heterocycles. The van der Waals surface area contributed by atoms with Crippen molar-refractivity contribution < 1.29 is 29.6 Å². The van der Waals surface area contributed by atoms with E-state index in [1.807, 2.05) is 6.07 Å². The molecule has 0 radical (unpaired) electrons. The minimum absolute atomic E-state index is 0.256. The maximum atomic E-state index is 10.3. The zero-order valence-electron chi connectivity index (χ0n) is 16.3. The summed E-state index contributed by atoms with van der Waals surface area (Å²) in [5, 5.41) is 26.0. The van der Waals surface area contributed by atoms with Crippen LogP contribution in [0.4, 0.5) is 0 Å². The first-order valence-electron chi connectivity index (χ1n) is 9.18. The summed E-state index contributed by atoms with van der Waals surface area (Å²) in [6.07, 6.45) is 3.13. The van der Waals surface area contributed by atoms with E-state index in [4.69, 9.17) is 14.9 Å². The van der Waals surface area contributed by atoms with Crippen molar-refractivity contribution in [2.24, 2.45) is 0 Å². The summed E-state index contributed by atoms with van der Waals surface area (Å²) in [4.78, 5) is 21.5. The molecular formula is C22H23NO6. The van der Waals surface area contributed by atoms with Gasteiger partial charge in [0.15, 0.2) is 11.5 Å². The van der Waals surface area contributed by atoms with Gasteiger partial charge in [-0.05, 0) is 48.2 Å². The van der Waals surface area contributed by atoms with Gasteiger partial charge >= 0.3 is 11.9 Å². The van der Waals surface area contributed by atoms with Gasteiger partial charge in [0.2, 0.25) is 0 Å². The molecule has 152 valence electrons. The largest absolute Gasteiger partial charge is 0.504 e. The zero-order valence-corrected chi connectivity index (χ0v) is 16.3. The number of hydrogen-bond acceptors (Lipinski definition) is 5. The molecule has 0 fully saturated rings. The van der Waals surface area contributed by atoms with Crippen LogP contribution in [0.5, 0.6) is 11.5 Å². The Bertz CT molecular complexity index is 966. The van der Waals surface area contributed by atoms with E-state index in [0.29, 0.717) is 23.9 Å². The number of carbonyl (C=O) groups is 2.